The van der Waals surface area contributed by atoms with E-state index in [0.29, 0.717) is 18.2 Å². The third kappa shape index (κ3) is 4.34. The van der Waals surface area contributed by atoms with Crippen LogP contribution < -0.4 is 10.6 Å². The fraction of sp³-hybridized carbons (Fsp3) is 0.375. The molecule has 1 aromatic carbocycles. The topological polar surface area (TPSA) is 67.2 Å². The van der Waals surface area contributed by atoms with E-state index in [1.807, 2.05) is 30.3 Å². The van der Waals surface area contributed by atoms with Crippen LogP contribution in [0.2, 0.25) is 0 Å². The van der Waals surface area contributed by atoms with Crippen LogP contribution >= 0.6 is 0 Å². The van der Waals surface area contributed by atoms with Gasteiger partial charge in [-0.3, -0.25) is 4.79 Å². The van der Waals surface area contributed by atoms with E-state index in [-0.39, 0.29) is 17.7 Å². The third-order valence-electron chi connectivity index (χ3n) is 3.26. The summed E-state index contributed by atoms with van der Waals surface area (Å²) in [5.41, 5.74) is 1.74. The smallest absolute Gasteiger partial charge is 0.289 e. The normalized spacial score (nSPS) is 12.2. The van der Waals surface area contributed by atoms with E-state index in [1.54, 1.807) is 13.0 Å². The molecule has 0 aliphatic heterocycles. The second-order valence-corrected chi connectivity index (χ2v) is 5.40. The molecule has 5 nitrogen and oxygen atoms in total. The molecule has 2 N–H and O–H groups in total. The summed E-state index contributed by atoms with van der Waals surface area (Å²) in [5.74, 6) is 0.382. The van der Waals surface area contributed by atoms with Crippen LogP contribution in [0.4, 0.5) is 5.69 Å². The molecule has 1 aromatic heterocycles. The molecule has 0 bridgehead atoms. The Kier molecular flexibility index (Phi) is 4.98. The summed E-state index contributed by atoms with van der Waals surface area (Å²) in [5, 5.41) is 10.0. The standard InChI is InChI=1S/C16H21N3O2/c1-11(2)14(18-13-7-5-4-6-8-13)10-17-16(20)15-9-12(3)19-21-15/h4-9,11,14,18H,10H2,1-3H3,(H,17,20)/t14-/m0/s1. The number of hydrogen-bond donors (Lipinski definition) is 2. The monoisotopic (exact) mass is 287 g/mol. The first-order chi connectivity index (χ1) is 10.1. The molecular weight excluding hydrogens is 266 g/mol. The minimum absolute atomic E-state index is 0.139. The van der Waals surface area contributed by atoms with Gasteiger partial charge in [-0.1, -0.05) is 37.2 Å². The summed E-state index contributed by atoms with van der Waals surface area (Å²) in [6.45, 7) is 6.54. The number of nitrogens with zero attached hydrogens (tertiary/aromatic N) is 1. The summed E-state index contributed by atoms with van der Waals surface area (Å²) in [6, 6.07) is 11.7. The Morgan fingerprint density at radius 1 is 1.29 bits per heavy atom. The Morgan fingerprint density at radius 2 is 2.00 bits per heavy atom. The lowest BCUT2D eigenvalue weighted by Crippen LogP contribution is -2.39. The molecule has 0 spiro atoms. The van der Waals surface area contributed by atoms with E-state index < -0.39 is 0 Å². The molecule has 5 heteroatoms. The zero-order valence-electron chi connectivity index (χ0n) is 12.6. The highest BCUT2D eigenvalue weighted by molar-refractivity contribution is 5.91. The Morgan fingerprint density at radius 3 is 2.57 bits per heavy atom. The number of carbonyl (C=O) groups is 1. The number of nitrogens with one attached hydrogen (secondary N) is 2. The van der Waals surface area contributed by atoms with Gasteiger partial charge in [0.1, 0.15) is 0 Å². The molecule has 0 aliphatic carbocycles. The van der Waals surface area contributed by atoms with E-state index in [0.717, 1.165) is 5.69 Å². The number of anilines is 1. The fourth-order valence-corrected chi connectivity index (χ4v) is 1.96. The van der Waals surface area contributed by atoms with Gasteiger partial charge in [0.15, 0.2) is 0 Å². The van der Waals surface area contributed by atoms with Gasteiger partial charge >= 0.3 is 0 Å². The van der Waals surface area contributed by atoms with Crippen molar-refractivity contribution in [3.8, 4) is 0 Å². The quantitative estimate of drug-likeness (QED) is 0.857. The van der Waals surface area contributed by atoms with Gasteiger partial charge in [-0.25, -0.2) is 0 Å². The number of hydrogen-bond acceptors (Lipinski definition) is 4. The van der Waals surface area contributed by atoms with Gasteiger partial charge in [0.2, 0.25) is 5.76 Å². The maximum absolute atomic E-state index is 12.0. The Labute approximate surface area is 124 Å². The number of aryl methyl sites for hydroxylation is 1. The largest absolute Gasteiger partial charge is 0.380 e. The van der Waals surface area contributed by atoms with Gasteiger partial charge in [-0.2, -0.15) is 0 Å². The number of carbonyl (C=O) groups excluding carboxylic acids is 1. The second-order valence-electron chi connectivity index (χ2n) is 5.40. The van der Waals surface area contributed by atoms with Crippen LogP contribution in [0.15, 0.2) is 40.9 Å². The predicted molar refractivity (Wildman–Crippen MR) is 82.3 cm³/mol. The number of para-hydroxylation sites is 1. The van der Waals surface area contributed by atoms with E-state index in [4.69, 9.17) is 4.52 Å². The maximum atomic E-state index is 12.0. The lowest BCUT2D eigenvalue weighted by Gasteiger charge is -2.23. The van der Waals surface area contributed by atoms with Crippen LogP contribution in [0.3, 0.4) is 0 Å². The third-order valence-corrected chi connectivity index (χ3v) is 3.26. The molecule has 2 aromatic rings. The van der Waals surface area contributed by atoms with E-state index in [1.165, 1.54) is 0 Å². The molecule has 0 saturated heterocycles. The van der Waals surface area contributed by atoms with Gasteiger partial charge in [-0.05, 0) is 25.0 Å². The molecule has 0 radical (unpaired) electrons. The van der Waals surface area contributed by atoms with Crippen molar-refractivity contribution in [1.29, 1.82) is 0 Å². The number of benzene rings is 1. The SMILES string of the molecule is Cc1cc(C(=O)NC[C@H](Nc2ccccc2)C(C)C)on1. The van der Waals surface area contributed by atoms with Gasteiger partial charge in [0.05, 0.1) is 5.69 Å². The highest BCUT2D eigenvalue weighted by Gasteiger charge is 2.17. The van der Waals surface area contributed by atoms with Gasteiger partial charge in [-0.15, -0.1) is 0 Å². The molecule has 2 rings (SSSR count). The van der Waals surface area contributed by atoms with Crippen molar-refractivity contribution >= 4 is 11.6 Å². The summed E-state index contributed by atoms with van der Waals surface area (Å²) in [6.07, 6.45) is 0. The molecular formula is C16H21N3O2. The van der Waals surface area contributed by atoms with Crippen LogP contribution in [0.1, 0.15) is 30.1 Å². The molecule has 0 unspecified atom stereocenters. The van der Waals surface area contributed by atoms with E-state index in [2.05, 4.69) is 29.6 Å². The lowest BCUT2D eigenvalue weighted by molar-refractivity contribution is 0.0913. The molecule has 0 saturated carbocycles. The molecule has 112 valence electrons. The Balaban J connectivity index is 1.93. The van der Waals surface area contributed by atoms with Crippen molar-refractivity contribution < 1.29 is 9.32 Å². The average Bonchev–Trinajstić information content (AvgIpc) is 2.90. The fourth-order valence-electron chi connectivity index (χ4n) is 1.96. The minimum atomic E-state index is -0.240. The summed E-state index contributed by atoms with van der Waals surface area (Å²) >= 11 is 0. The van der Waals surface area contributed by atoms with Gasteiger partial charge in [0, 0.05) is 24.3 Å². The first-order valence-electron chi connectivity index (χ1n) is 7.09. The minimum Gasteiger partial charge on any atom is -0.380 e. The summed E-state index contributed by atoms with van der Waals surface area (Å²) < 4.78 is 4.95. The Bertz CT molecular complexity index is 578. The van der Waals surface area contributed by atoms with E-state index in [9.17, 15) is 4.79 Å². The lowest BCUT2D eigenvalue weighted by atomic mass is 10.0. The average molecular weight is 287 g/mol. The molecule has 0 aliphatic rings. The first-order valence-corrected chi connectivity index (χ1v) is 7.09. The van der Waals surface area contributed by atoms with Crippen molar-refractivity contribution in [1.82, 2.24) is 10.5 Å². The van der Waals surface area contributed by atoms with Crippen LogP contribution in [-0.4, -0.2) is 23.7 Å². The second kappa shape index (κ2) is 6.92. The van der Waals surface area contributed by atoms with Crippen molar-refractivity contribution in [2.75, 3.05) is 11.9 Å². The van der Waals surface area contributed by atoms with Gasteiger partial charge < -0.3 is 15.2 Å². The molecule has 1 heterocycles. The van der Waals surface area contributed by atoms with Crippen molar-refractivity contribution in [3.63, 3.8) is 0 Å². The summed E-state index contributed by atoms with van der Waals surface area (Å²) in [7, 11) is 0. The number of amides is 1. The maximum Gasteiger partial charge on any atom is 0.289 e. The van der Waals surface area contributed by atoms with Crippen LogP contribution in [0.5, 0.6) is 0 Å². The van der Waals surface area contributed by atoms with Crippen molar-refractivity contribution in [3.05, 3.63) is 47.9 Å². The Hall–Kier alpha value is -2.30. The van der Waals surface area contributed by atoms with Gasteiger partial charge in [0.25, 0.3) is 5.91 Å². The number of rotatable bonds is 6. The number of aromatic nitrogens is 1. The van der Waals surface area contributed by atoms with Crippen molar-refractivity contribution in [2.45, 2.75) is 26.8 Å². The zero-order valence-corrected chi connectivity index (χ0v) is 12.6. The van der Waals surface area contributed by atoms with E-state index >= 15 is 0 Å². The zero-order chi connectivity index (χ0) is 15.2. The van der Waals surface area contributed by atoms with Crippen molar-refractivity contribution in [2.24, 2.45) is 5.92 Å². The molecule has 0 fully saturated rings. The first kappa shape index (κ1) is 15.1. The summed E-state index contributed by atoms with van der Waals surface area (Å²) in [4.78, 5) is 12.0. The predicted octanol–water partition coefficient (Wildman–Crippen LogP) is 2.85. The highest BCUT2D eigenvalue weighted by atomic mass is 16.5. The van der Waals surface area contributed by atoms with Crippen LogP contribution in [0, 0.1) is 12.8 Å². The molecule has 1 amide bonds. The molecule has 1 atom stereocenters. The highest BCUT2D eigenvalue weighted by Crippen LogP contribution is 2.12. The van der Waals surface area contributed by atoms with Crippen LogP contribution in [-0.2, 0) is 0 Å². The molecule has 21 heavy (non-hydrogen) atoms. The van der Waals surface area contributed by atoms with Crippen LogP contribution in [0.25, 0.3) is 0 Å².